The van der Waals surface area contributed by atoms with Crippen molar-refractivity contribution in [2.75, 3.05) is 0 Å². The highest BCUT2D eigenvalue weighted by Gasteiger charge is 2.74. The fourth-order valence-corrected chi connectivity index (χ4v) is 8.57. The summed E-state index contributed by atoms with van der Waals surface area (Å²) in [6, 6.07) is 0. The van der Waals surface area contributed by atoms with Gasteiger partial charge in [-0.15, -0.1) is 0 Å². The summed E-state index contributed by atoms with van der Waals surface area (Å²) in [6.07, 6.45) is 0.156. The number of carbonyl (C=O) groups is 7. The Morgan fingerprint density at radius 1 is 0.976 bits per heavy atom. The average Bonchev–Trinajstić information content (AvgIpc) is 3.07. The molecule has 0 aliphatic heterocycles. The van der Waals surface area contributed by atoms with Gasteiger partial charge in [0.1, 0.15) is 11.6 Å². The number of ether oxygens (including phenoxy) is 1. The zero-order valence-electron chi connectivity index (χ0n) is 25.1. The first-order chi connectivity index (χ1) is 18.8. The minimum atomic E-state index is -1.50. The molecule has 9 heteroatoms. The average molecular weight is 569 g/mol. The van der Waals surface area contributed by atoms with E-state index in [9.17, 15) is 38.7 Å². The van der Waals surface area contributed by atoms with E-state index in [4.69, 9.17) is 4.74 Å². The van der Waals surface area contributed by atoms with Crippen molar-refractivity contribution < 1.29 is 43.4 Å². The number of rotatable bonds is 6. The number of ketones is 5. The van der Waals surface area contributed by atoms with E-state index in [0.717, 1.165) is 0 Å². The number of carbonyl (C=O) groups excluding carboxylic acids is 6. The molecule has 4 aliphatic carbocycles. The largest absolute Gasteiger partial charge is 0.481 e. The zero-order chi connectivity index (χ0) is 31.0. The van der Waals surface area contributed by atoms with E-state index in [-0.39, 0.29) is 54.2 Å². The van der Waals surface area contributed by atoms with Crippen LogP contribution in [0.5, 0.6) is 0 Å². The van der Waals surface area contributed by atoms with Crippen LogP contribution >= 0.6 is 0 Å². The second kappa shape index (κ2) is 9.66. The highest BCUT2D eigenvalue weighted by Crippen LogP contribution is 2.70. The number of aliphatic carboxylic acids is 1. The van der Waals surface area contributed by atoms with Crippen molar-refractivity contribution >= 4 is 40.9 Å². The summed E-state index contributed by atoms with van der Waals surface area (Å²) in [7, 11) is 0. The lowest BCUT2D eigenvalue weighted by Gasteiger charge is -2.59. The molecule has 0 aromatic heterocycles. The highest BCUT2D eigenvalue weighted by molar-refractivity contribution is 6.18. The molecule has 0 radical (unpaired) electrons. The molecule has 2 saturated carbocycles. The Morgan fingerprint density at radius 3 is 2.15 bits per heavy atom. The Bertz CT molecular complexity index is 1360. The maximum atomic E-state index is 14.6. The number of esters is 1. The third kappa shape index (κ3) is 4.13. The molecule has 4 rings (SSSR count). The van der Waals surface area contributed by atoms with Crippen LogP contribution in [0.3, 0.4) is 0 Å². The van der Waals surface area contributed by atoms with E-state index in [0.29, 0.717) is 12.0 Å². The second-order valence-corrected chi connectivity index (χ2v) is 13.7. The number of Topliss-reactive ketones (excluding diaryl/α,β-unsaturated/α-hetero) is 4. The van der Waals surface area contributed by atoms with Crippen molar-refractivity contribution in [3.63, 3.8) is 0 Å². The van der Waals surface area contributed by atoms with Gasteiger partial charge in [-0.3, -0.25) is 33.6 Å². The smallest absolute Gasteiger partial charge is 0.306 e. The van der Waals surface area contributed by atoms with Gasteiger partial charge in [0.15, 0.2) is 17.7 Å². The van der Waals surface area contributed by atoms with Crippen molar-refractivity contribution in [2.45, 2.75) is 93.6 Å². The first-order valence-corrected chi connectivity index (χ1v) is 14.3. The zero-order valence-corrected chi connectivity index (χ0v) is 25.1. The molecule has 0 saturated heterocycles. The van der Waals surface area contributed by atoms with Crippen LogP contribution in [0.15, 0.2) is 22.8 Å². The van der Waals surface area contributed by atoms with Gasteiger partial charge >= 0.3 is 11.9 Å². The number of carboxylic acid groups (broad SMARTS) is 1. The third-order valence-corrected chi connectivity index (χ3v) is 11.1. The molecule has 1 N–H and O–H groups in total. The van der Waals surface area contributed by atoms with Crippen LogP contribution in [0, 0.1) is 39.4 Å². The van der Waals surface area contributed by atoms with Gasteiger partial charge in [-0.05, 0) is 38.2 Å². The molecule has 7 atom stereocenters. The second-order valence-electron chi connectivity index (χ2n) is 13.7. The Balaban J connectivity index is 1.94. The minimum absolute atomic E-state index is 0.0174. The lowest BCUT2D eigenvalue weighted by Crippen LogP contribution is -2.64. The lowest BCUT2D eigenvalue weighted by atomic mass is 9.42. The minimum Gasteiger partial charge on any atom is -0.481 e. The molecular weight excluding hydrogens is 528 g/mol. The van der Waals surface area contributed by atoms with Gasteiger partial charge in [-0.25, -0.2) is 0 Å². The Hall–Kier alpha value is -3.23. The lowest BCUT2D eigenvalue weighted by molar-refractivity contribution is -0.172. The highest BCUT2D eigenvalue weighted by atomic mass is 16.5. The first kappa shape index (κ1) is 30.7. The summed E-state index contributed by atoms with van der Waals surface area (Å²) in [5, 5.41) is 9.21. The molecule has 9 nitrogen and oxygen atoms in total. The van der Waals surface area contributed by atoms with E-state index >= 15 is 0 Å². The summed E-state index contributed by atoms with van der Waals surface area (Å²) < 4.78 is 5.75. The van der Waals surface area contributed by atoms with Gasteiger partial charge in [0, 0.05) is 60.0 Å². The van der Waals surface area contributed by atoms with E-state index in [1.165, 1.54) is 19.9 Å². The number of hydrogen-bond acceptors (Lipinski definition) is 8. The third-order valence-electron chi connectivity index (χ3n) is 11.1. The Morgan fingerprint density at radius 2 is 1.59 bits per heavy atom. The van der Waals surface area contributed by atoms with Crippen LogP contribution in [-0.4, -0.2) is 52.1 Å². The summed E-state index contributed by atoms with van der Waals surface area (Å²) in [6.45, 7) is 13.1. The van der Waals surface area contributed by atoms with E-state index < -0.39 is 69.0 Å². The number of allylic oxidation sites excluding steroid dienone is 3. The fourth-order valence-electron chi connectivity index (χ4n) is 8.57. The molecule has 222 valence electrons. The van der Waals surface area contributed by atoms with Crippen LogP contribution in [0.2, 0.25) is 0 Å². The maximum absolute atomic E-state index is 14.6. The first-order valence-electron chi connectivity index (χ1n) is 14.3. The summed E-state index contributed by atoms with van der Waals surface area (Å²) >= 11 is 0. The van der Waals surface area contributed by atoms with Crippen LogP contribution in [0.25, 0.3) is 0 Å². The van der Waals surface area contributed by atoms with Crippen molar-refractivity contribution in [3.8, 4) is 0 Å². The van der Waals surface area contributed by atoms with E-state index in [2.05, 4.69) is 0 Å². The SMILES string of the molecule is CC(=O)O[C@@H]1C(=O)C2=C(C(=O)C[C@H]3C(C)(C)C(=O)CC[C@]23C)[C@]2(C)C(=O)C[C@H](/C(C)=C/C(=O)CC(C)C(=O)O)[C@@]12C. The van der Waals surface area contributed by atoms with Gasteiger partial charge in [0.2, 0.25) is 5.78 Å². The van der Waals surface area contributed by atoms with Gasteiger partial charge in [0.25, 0.3) is 0 Å². The number of carboxylic acids is 1. The molecule has 0 heterocycles. The van der Waals surface area contributed by atoms with Crippen LogP contribution in [0.4, 0.5) is 0 Å². The van der Waals surface area contributed by atoms with E-state index in [1.54, 1.807) is 34.6 Å². The van der Waals surface area contributed by atoms with Crippen LogP contribution in [0.1, 0.15) is 87.5 Å². The quantitative estimate of drug-likeness (QED) is 0.370. The van der Waals surface area contributed by atoms with Gasteiger partial charge in [0.05, 0.1) is 11.3 Å². The standard InChI is InChI=1S/C32H40O9/c1-15(11-18(34)12-16(2)28(39)40)19-13-23(37)32(8)24-20(35)14-21-29(4,5)22(36)9-10-30(21,6)25(24)26(38)27(31(19,32)7)41-17(3)33/h11,16,19,21,27H,9-10,12-14H2,1-8H3,(H,39,40)/b15-11+/t16?,19-,21+,27-,30+,31+,32+/m1/s1. The topological polar surface area (TPSA) is 149 Å². The van der Waals surface area contributed by atoms with Crippen molar-refractivity contribution in [2.24, 2.45) is 39.4 Å². The van der Waals surface area contributed by atoms with Crippen molar-refractivity contribution in [1.29, 1.82) is 0 Å². The molecule has 0 aromatic carbocycles. The maximum Gasteiger partial charge on any atom is 0.306 e. The predicted molar refractivity (Wildman–Crippen MR) is 146 cm³/mol. The molecule has 41 heavy (non-hydrogen) atoms. The molecule has 4 aliphatic rings. The Kier molecular flexibility index (Phi) is 7.24. The van der Waals surface area contributed by atoms with Crippen LogP contribution < -0.4 is 0 Å². The predicted octanol–water partition coefficient (Wildman–Crippen LogP) is 4.01. The molecule has 0 spiro atoms. The summed E-state index contributed by atoms with van der Waals surface area (Å²) in [5.74, 6) is -5.51. The van der Waals surface area contributed by atoms with Gasteiger partial charge in [-0.1, -0.05) is 40.2 Å². The van der Waals surface area contributed by atoms with Crippen molar-refractivity contribution in [1.82, 2.24) is 0 Å². The Labute approximate surface area is 240 Å². The molecule has 0 aromatic rings. The number of fused-ring (bicyclic) bond motifs is 4. The molecule has 0 amide bonds. The molecular formula is C32H40O9. The molecule has 2 fully saturated rings. The summed E-state index contributed by atoms with van der Waals surface area (Å²) in [5.41, 5.74) is -3.82. The summed E-state index contributed by atoms with van der Waals surface area (Å²) in [4.78, 5) is 92.1. The van der Waals surface area contributed by atoms with Gasteiger partial charge < -0.3 is 9.84 Å². The van der Waals surface area contributed by atoms with Crippen LogP contribution in [-0.2, 0) is 38.3 Å². The van der Waals surface area contributed by atoms with Gasteiger partial charge in [-0.2, -0.15) is 0 Å². The molecule has 1 unspecified atom stereocenters. The molecule has 0 bridgehead atoms. The fraction of sp³-hybridized carbons (Fsp3) is 0.656. The number of hydrogen-bond donors (Lipinski definition) is 1. The normalized spacial score (nSPS) is 37.3. The van der Waals surface area contributed by atoms with E-state index in [1.807, 2.05) is 6.92 Å². The van der Waals surface area contributed by atoms with Crippen molar-refractivity contribution in [3.05, 3.63) is 22.8 Å². The monoisotopic (exact) mass is 568 g/mol.